The van der Waals surface area contributed by atoms with Gasteiger partial charge in [-0.3, -0.25) is 9.59 Å². The molecule has 2 N–H and O–H groups in total. The van der Waals surface area contributed by atoms with Gasteiger partial charge >= 0.3 is 0 Å². The zero-order valence-corrected chi connectivity index (χ0v) is 14.7. The van der Waals surface area contributed by atoms with Crippen molar-refractivity contribution in [1.29, 1.82) is 0 Å². The van der Waals surface area contributed by atoms with Crippen LogP contribution < -0.4 is 15.4 Å². The first-order chi connectivity index (χ1) is 12.1. The van der Waals surface area contributed by atoms with Crippen LogP contribution in [0.3, 0.4) is 0 Å². The molecule has 0 radical (unpaired) electrons. The lowest BCUT2D eigenvalue weighted by Gasteiger charge is -2.22. The SMILES string of the molecule is Cc1ccc(CNC(=O)[C@H]2CCCC(=O)N2)c(OC[C@H]2CCOC2)c1. The second-order valence-electron chi connectivity index (χ2n) is 6.88. The maximum atomic E-state index is 12.3. The molecular weight excluding hydrogens is 320 g/mol. The van der Waals surface area contributed by atoms with Crippen LogP contribution in [0.4, 0.5) is 0 Å². The second kappa shape index (κ2) is 8.34. The summed E-state index contributed by atoms with van der Waals surface area (Å²) in [5, 5.41) is 5.66. The number of benzene rings is 1. The lowest BCUT2D eigenvalue weighted by atomic mass is 10.0. The van der Waals surface area contributed by atoms with Gasteiger partial charge in [0.15, 0.2) is 0 Å². The summed E-state index contributed by atoms with van der Waals surface area (Å²) in [6, 6.07) is 5.57. The number of amides is 2. The van der Waals surface area contributed by atoms with E-state index in [9.17, 15) is 9.59 Å². The molecule has 0 aromatic heterocycles. The van der Waals surface area contributed by atoms with Gasteiger partial charge in [0.2, 0.25) is 11.8 Å². The Balaban J connectivity index is 1.57. The van der Waals surface area contributed by atoms with Crippen LogP contribution in [-0.4, -0.2) is 37.7 Å². The van der Waals surface area contributed by atoms with Gasteiger partial charge in [0.05, 0.1) is 13.2 Å². The summed E-state index contributed by atoms with van der Waals surface area (Å²) in [7, 11) is 0. The lowest BCUT2D eigenvalue weighted by molar-refractivity contribution is -0.131. The molecular formula is C19H26N2O4. The van der Waals surface area contributed by atoms with Crippen molar-refractivity contribution in [2.75, 3.05) is 19.8 Å². The van der Waals surface area contributed by atoms with Gasteiger partial charge in [-0.2, -0.15) is 0 Å². The first-order valence-corrected chi connectivity index (χ1v) is 8.99. The largest absolute Gasteiger partial charge is 0.493 e. The maximum Gasteiger partial charge on any atom is 0.242 e. The van der Waals surface area contributed by atoms with E-state index in [2.05, 4.69) is 10.6 Å². The number of hydrogen-bond donors (Lipinski definition) is 2. The van der Waals surface area contributed by atoms with E-state index in [0.717, 1.165) is 42.9 Å². The highest BCUT2D eigenvalue weighted by Gasteiger charge is 2.24. The molecule has 25 heavy (non-hydrogen) atoms. The number of carbonyl (C=O) groups excluding carboxylic acids is 2. The molecule has 2 heterocycles. The van der Waals surface area contributed by atoms with Crippen LogP contribution in [0.25, 0.3) is 0 Å². The molecule has 136 valence electrons. The molecule has 2 saturated heterocycles. The highest BCUT2D eigenvalue weighted by atomic mass is 16.5. The normalized spacial score (nSPS) is 23.2. The fraction of sp³-hybridized carbons (Fsp3) is 0.579. The van der Waals surface area contributed by atoms with Crippen molar-refractivity contribution in [2.24, 2.45) is 5.92 Å². The Morgan fingerprint density at radius 3 is 3.04 bits per heavy atom. The minimum atomic E-state index is -0.424. The molecule has 3 rings (SSSR count). The molecule has 0 bridgehead atoms. The topological polar surface area (TPSA) is 76.7 Å². The number of hydrogen-bond acceptors (Lipinski definition) is 4. The van der Waals surface area contributed by atoms with Crippen molar-refractivity contribution >= 4 is 11.8 Å². The summed E-state index contributed by atoms with van der Waals surface area (Å²) in [4.78, 5) is 23.7. The van der Waals surface area contributed by atoms with E-state index in [1.165, 1.54) is 0 Å². The summed E-state index contributed by atoms with van der Waals surface area (Å²) in [5.41, 5.74) is 2.06. The van der Waals surface area contributed by atoms with Gasteiger partial charge in [0.1, 0.15) is 11.8 Å². The number of nitrogens with one attached hydrogen (secondary N) is 2. The van der Waals surface area contributed by atoms with E-state index >= 15 is 0 Å². The van der Waals surface area contributed by atoms with Gasteiger partial charge < -0.3 is 20.1 Å². The van der Waals surface area contributed by atoms with Crippen LogP contribution in [0.2, 0.25) is 0 Å². The first-order valence-electron chi connectivity index (χ1n) is 8.99. The standard InChI is InChI=1S/C19H26N2O4/c1-13-5-6-15(17(9-13)25-12-14-7-8-24-11-14)10-20-19(23)16-3-2-4-18(22)21-16/h5-6,9,14,16H,2-4,7-8,10-12H2,1H3,(H,20,23)(H,21,22)/t14-,16+/m0/s1. The Labute approximate surface area is 148 Å². The van der Waals surface area contributed by atoms with Crippen molar-refractivity contribution < 1.29 is 19.1 Å². The van der Waals surface area contributed by atoms with Gasteiger partial charge in [0, 0.05) is 31.1 Å². The third-order valence-corrected chi connectivity index (χ3v) is 4.72. The molecule has 0 spiro atoms. The summed E-state index contributed by atoms with van der Waals surface area (Å²) in [6.45, 7) is 4.59. The zero-order valence-electron chi connectivity index (χ0n) is 14.7. The van der Waals surface area contributed by atoms with Gasteiger partial charge in [-0.15, -0.1) is 0 Å². The smallest absolute Gasteiger partial charge is 0.242 e. The minimum Gasteiger partial charge on any atom is -0.493 e. The first kappa shape index (κ1) is 17.7. The zero-order chi connectivity index (χ0) is 17.6. The summed E-state index contributed by atoms with van der Waals surface area (Å²) < 4.78 is 11.4. The number of piperidine rings is 1. The Kier molecular flexibility index (Phi) is 5.91. The predicted molar refractivity (Wildman–Crippen MR) is 93.2 cm³/mol. The highest BCUT2D eigenvalue weighted by molar-refractivity contribution is 5.88. The van der Waals surface area contributed by atoms with Crippen LogP contribution in [0.15, 0.2) is 18.2 Å². The quantitative estimate of drug-likeness (QED) is 0.822. The van der Waals surface area contributed by atoms with E-state index in [4.69, 9.17) is 9.47 Å². The fourth-order valence-electron chi connectivity index (χ4n) is 3.17. The third-order valence-electron chi connectivity index (χ3n) is 4.72. The average Bonchev–Trinajstić information content (AvgIpc) is 3.12. The Bertz CT molecular complexity index is 626. The van der Waals surface area contributed by atoms with Gasteiger partial charge in [-0.05, 0) is 37.8 Å². The van der Waals surface area contributed by atoms with E-state index < -0.39 is 6.04 Å². The molecule has 6 nitrogen and oxygen atoms in total. The average molecular weight is 346 g/mol. The van der Waals surface area contributed by atoms with Crippen LogP contribution in [0.1, 0.15) is 36.8 Å². The molecule has 6 heteroatoms. The predicted octanol–water partition coefficient (Wildman–Crippen LogP) is 1.70. The van der Waals surface area contributed by atoms with E-state index in [0.29, 0.717) is 31.9 Å². The summed E-state index contributed by atoms with van der Waals surface area (Å²) in [5.74, 6) is 1.05. The fourth-order valence-corrected chi connectivity index (χ4v) is 3.17. The number of carbonyl (C=O) groups is 2. The second-order valence-corrected chi connectivity index (χ2v) is 6.88. The molecule has 2 amide bonds. The van der Waals surface area contributed by atoms with Gasteiger partial charge in [-0.1, -0.05) is 12.1 Å². The van der Waals surface area contributed by atoms with Crippen molar-refractivity contribution in [3.63, 3.8) is 0 Å². The Morgan fingerprint density at radius 2 is 2.28 bits per heavy atom. The maximum absolute atomic E-state index is 12.3. The molecule has 0 unspecified atom stereocenters. The van der Waals surface area contributed by atoms with Gasteiger partial charge in [0.25, 0.3) is 0 Å². The van der Waals surface area contributed by atoms with Gasteiger partial charge in [-0.25, -0.2) is 0 Å². The summed E-state index contributed by atoms with van der Waals surface area (Å²) >= 11 is 0. The van der Waals surface area contributed by atoms with E-state index in [1.54, 1.807) is 0 Å². The van der Waals surface area contributed by atoms with Crippen LogP contribution in [-0.2, 0) is 20.9 Å². The number of rotatable bonds is 6. The molecule has 2 aliphatic rings. The van der Waals surface area contributed by atoms with Crippen LogP contribution in [0.5, 0.6) is 5.75 Å². The molecule has 2 aliphatic heterocycles. The summed E-state index contributed by atoms with van der Waals surface area (Å²) in [6.07, 6.45) is 2.98. The molecule has 0 aliphatic carbocycles. The lowest BCUT2D eigenvalue weighted by Crippen LogP contribution is -2.48. The van der Waals surface area contributed by atoms with Crippen LogP contribution in [0, 0.1) is 12.8 Å². The Morgan fingerprint density at radius 1 is 1.40 bits per heavy atom. The Hall–Kier alpha value is -2.08. The van der Waals surface area contributed by atoms with E-state index in [1.807, 2.05) is 25.1 Å². The van der Waals surface area contributed by atoms with Crippen molar-refractivity contribution in [2.45, 2.75) is 45.2 Å². The molecule has 1 aromatic rings. The van der Waals surface area contributed by atoms with Crippen molar-refractivity contribution in [3.05, 3.63) is 29.3 Å². The van der Waals surface area contributed by atoms with Crippen molar-refractivity contribution in [1.82, 2.24) is 10.6 Å². The molecule has 2 fully saturated rings. The van der Waals surface area contributed by atoms with E-state index in [-0.39, 0.29) is 11.8 Å². The monoisotopic (exact) mass is 346 g/mol. The molecule has 2 atom stereocenters. The number of aryl methyl sites for hydroxylation is 1. The van der Waals surface area contributed by atoms with Crippen molar-refractivity contribution in [3.8, 4) is 5.75 Å². The number of ether oxygens (including phenoxy) is 2. The highest BCUT2D eigenvalue weighted by Crippen LogP contribution is 2.23. The molecule has 1 aromatic carbocycles. The minimum absolute atomic E-state index is 0.0514. The van der Waals surface area contributed by atoms with Crippen LogP contribution >= 0.6 is 0 Å². The molecule has 0 saturated carbocycles. The third kappa shape index (κ3) is 4.95.